The molecule has 1 amide bonds. The minimum Gasteiger partial charge on any atom is -0.335 e. The van der Waals surface area contributed by atoms with Gasteiger partial charge in [0.25, 0.3) is 0 Å². The van der Waals surface area contributed by atoms with Crippen LogP contribution in [0.3, 0.4) is 0 Å². The molecule has 1 heterocycles. The number of hydrogen-bond donors (Lipinski definition) is 1. The van der Waals surface area contributed by atoms with Gasteiger partial charge in [-0.25, -0.2) is 4.98 Å². The Morgan fingerprint density at radius 2 is 2.62 bits per heavy atom. The predicted octanol–water partition coefficient (Wildman–Crippen LogP) is 1.42. The van der Waals surface area contributed by atoms with Crippen LogP contribution in [0.1, 0.15) is 13.3 Å². The van der Waals surface area contributed by atoms with Crippen LogP contribution in [0, 0.1) is 0 Å². The third-order valence-electron chi connectivity index (χ3n) is 1.55. The van der Waals surface area contributed by atoms with Gasteiger partial charge < -0.3 is 9.88 Å². The maximum absolute atomic E-state index is 10.9. The smallest absolute Gasteiger partial charge is 0.248 e. The highest BCUT2D eigenvalue weighted by Crippen LogP contribution is 2.02. The Labute approximate surface area is 77.3 Å². The van der Waals surface area contributed by atoms with Gasteiger partial charge in [-0.1, -0.05) is 13.5 Å². The molecule has 0 unspecified atom stereocenters. The number of imidazole rings is 1. The number of anilines is 1. The number of aromatic nitrogens is 2. The summed E-state index contributed by atoms with van der Waals surface area (Å²) >= 11 is 0. The summed E-state index contributed by atoms with van der Waals surface area (Å²) < 4.78 is 1.93. The lowest BCUT2D eigenvalue weighted by Crippen LogP contribution is -2.07. The standard InChI is InChI=1S/C9H13N3O/c1-3-5-12-6-8(10-7-12)11-9(13)4-2/h4,6-7H,2-3,5H2,1H3,(H,11,13). The number of aryl methyl sites for hydroxylation is 1. The normalized spacial score (nSPS) is 9.62. The third-order valence-corrected chi connectivity index (χ3v) is 1.55. The van der Waals surface area contributed by atoms with Crippen LogP contribution in [0.5, 0.6) is 0 Å². The fraction of sp³-hybridized carbons (Fsp3) is 0.333. The Morgan fingerprint density at radius 1 is 1.85 bits per heavy atom. The van der Waals surface area contributed by atoms with Gasteiger partial charge in [-0.2, -0.15) is 0 Å². The van der Waals surface area contributed by atoms with Crippen molar-refractivity contribution in [1.82, 2.24) is 9.55 Å². The van der Waals surface area contributed by atoms with Crippen molar-refractivity contribution in [3.63, 3.8) is 0 Å². The van der Waals surface area contributed by atoms with Gasteiger partial charge in [0.1, 0.15) is 0 Å². The molecule has 0 spiro atoms. The van der Waals surface area contributed by atoms with Crippen molar-refractivity contribution in [3.05, 3.63) is 25.2 Å². The van der Waals surface area contributed by atoms with Gasteiger partial charge in [-0.15, -0.1) is 0 Å². The van der Waals surface area contributed by atoms with Crippen molar-refractivity contribution in [3.8, 4) is 0 Å². The first kappa shape index (κ1) is 9.51. The van der Waals surface area contributed by atoms with Crippen LogP contribution in [0.2, 0.25) is 0 Å². The lowest BCUT2D eigenvalue weighted by Gasteiger charge is -1.96. The van der Waals surface area contributed by atoms with E-state index in [0.717, 1.165) is 13.0 Å². The van der Waals surface area contributed by atoms with Gasteiger partial charge in [0.15, 0.2) is 5.82 Å². The summed E-state index contributed by atoms with van der Waals surface area (Å²) in [6.45, 7) is 6.35. The Bertz CT molecular complexity index is 304. The average molecular weight is 179 g/mol. The Kier molecular flexibility index (Phi) is 3.25. The van der Waals surface area contributed by atoms with Crippen LogP contribution in [0.15, 0.2) is 25.2 Å². The molecule has 70 valence electrons. The second kappa shape index (κ2) is 4.45. The molecule has 0 atom stereocenters. The Hall–Kier alpha value is -1.58. The summed E-state index contributed by atoms with van der Waals surface area (Å²) in [4.78, 5) is 14.9. The number of nitrogens with zero attached hydrogens (tertiary/aromatic N) is 2. The van der Waals surface area contributed by atoms with E-state index in [-0.39, 0.29) is 5.91 Å². The van der Waals surface area contributed by atoms with Crippen LogP contribution in [-0.2, 0) is 11.3 Å². The fourth-order valence-corrected chi connectivity index (χ4v) is 0.982. The number of carbonyl (C=O) groups excluding carboxylic acids is 1. The molecule has 0 aliphatic rings. The van der Waals surface area contributed by atoms with E-state index in [9.17, 15) is 4.79 Å². The topological polar surface area (TPSA) is 46.9 Å². The van der Waals surface area contributed by atoms with Crippen molar-refractivity contribution in [1.29, 1.82) is 0 Å². The first-order valence-electron chi connectivity index (χ1n) is 4.21. The van der Waals surface area contributed by atoms with Gasteiger partial charge in [-0.3, -0.25) is 4.79 Å². The van der Waals surface area contributed by atoms with E-state index < -0.39 is 0 Å². The molecule has 1 N–H and O–H groups in total. The quantitative estimate of drug-likeness (QED) is 0.710. The molecule has 1 aromatic rings. The lowest BCUT2D eigenvalue weighted by molar-refractivity contribution is -0.111. The SMILES string of the molecule is C=CC(=O)Nc1cn(CCC)cn1. The fourth-order valence-electron chi connectivity index (χ4n) is 0.982. The first-order valence-corrected chi connectivity index (χ1v) is 4.21. The van der Waals surface area contributed by atoms with E-state index in [1.54, 1.807) is 12.5 Å². The van der Waals surface area contributed by atoms with Gasteiger partial charge in [-0.05, 0) is 12.5 Å². The van der Waals surface area contributed by atoms with Crippen LogP contribution >= 0.6 is 0 Å². The van der Waals surface area contributed by atoms with Crippen LogP contribution < -0.4 is 5.32 Å². The van der Waals surface area contributed by atoms with Crippen molar-refractivity contribution < 1.29 is 4.79 Å². The summed E-state index contributed by atoms with van der Waals surface area (Å²) in [6.07, 6.45) is 5.76. The molecule has 1 aromatic heterocycles. The minimum absolute atomic E-state index is 0.234. The number of hydrogen-bond acceptors (Lipinski definition) is 2. The molecular weight excluding hydrogens is 166 g/mol. The highest BCUT2D eigenvalue weighted by Gasteiger charge is 1.99. The van der Waals surface area contributed by atoms with Gasteiger partial charge in [0.2, 0.25) is 5.91 Å². The first-order chi connectivity index (χ1) is 6.26. The van der Waals surface area contributed by atoms with E-state index in [2.05, 4.69) is 23.8 Å². The monoisotopic (exact) mass is 179 g/mol. The van der Waals surface area contributed by atoms with E-state index in [4.69, 9.17) is 0 Å². The second-order valence-corrected chi connectivity index (χ2v) is 2.69. The van der Waals surface area contributed by atoms with E-state index in [0.29, 0.717) is 5.82 Å². The zero-order valence-corrected chi connectivity index (χ0v) is 7.66. The largest absolute Gasteiger partial charge is 0.335 e. The summed E-state index contributed by atoms with van der Waals surface area (Å²) in [5.41, 5.74) is 0. The molecule has 0 aliphatic heterocycles. The molecule has 1 rings (SSSR count). The van der Waals surface area contributed by atoms with Crippen LogP contribution in [0.25, 0.3) is 0 Å². The summed E-state index contributed by atoms with van der Waals surface area (Å²) in [5, 5.41) is 2.58. The zero-order valence-electron chi connectivity index (χ0n) is 7.66. The van der Waals surface area contributed by atoms with Crippen molar-refractivity contribution in [2.75, 3.05) is 5.32 Å². The maximum atomic E-state index is 10.9. The highest BCUT2D eigenvalue weighted by molar-refractivity contribution is 5.98. The highest BCUT2D eigenvalue weighted by atomic mass is 16.1. The average Bonchev–Trinajstić information content (AvgIpc) is 2.53. The predicted molar refractivity (Wildman–Crippen MR) is 51.3 cm³/mol. The molecule has 0 bridgehead atoms. The molecule has 4 heteroatoms. The number of amides is 1. The molecule has 4 nitrogen and oxygen atoms in total. The Balaban J connectivity index is 2.58. The third kappa shape index (κ3) is 2.74. The van der Waals surface area contributed by atoms with Crippen molar-refractivity contribution >= 4 is 11.7 Å². The van der Waals surface area contributed by atoms with Crippen molar-refractivity contribution in [2.24, 2.45) is 0 Å². The molecule has 0 saturated carbocycles. The van der Waals surface area contributed by atoms with E-state index in [1.165, 1.54) is 6.08 Å². The number of carbonyl (C=O) groups is 1. The summed E-state index contributed by atoms with van der Waals surface area (Å²) in [5.74, 6) is 0.333. The summed E-state index contributed by atoms with van der Waals surface area (Å²) in [6, 6.07) is 0. The molecule has 0 aliphatic carbocycles. The minimum atomic E-state index is -0.234. The molecule has 0 saturated heterocycles. The zero-order chi connectivity index (χ0) is 9.68. The van der Waals surface area contributed by atoms with Crippen LogP contribution in [-0.4, -0.2) is 15.5 Å². The molecule has 0 aromatic carbocycles. The van der Waals surface area contributed by atoms with Gasteiger partial charge in [0.05, 0.1) is 6.33 Å². The summed E-state index contributed by atoms with van der Waals surface area (Å²) in [7, 11) is 0. The molecule has 13 heavy (non-hydrogen) atoms. The van der Waals surface area contributed by atoms with Gasteiger partial charge >= 0.3 is 0 Å². The maximum Gasteiger partial charge on any atom is 0.248 e. The van der Waals surface area contributed by atoms with E-state index >= 15 is 0 Å². The molecule has 0 fully saturated rings. The van der Waals surface area contributed by atoms with Crippen LogP contribution in [0.4, 0.5) is 5.82 Å². The molecular formula is C9H13N3O. The lowest BCUT2D eigenvalue weighted by atomic mass is 10.5. The number of nitrogens with one attached hydrogen (secondary N) is 1. The van der Waals surface area contributed by atoms with E-state index in [1.807, 2.05) is 4.57 Å². The molecule has 0 radical (unpaired) electrons. The Morgan fingerprint density at radius 3 is 3.23 bits per heavy atom. The van der Waals surface area contributed by atoms with Crippen molar-refractivity contribution in [2.45, 2.75) is 19.9 Å². The second-order valence-electron chi connectivity index (χ2n) is 2.69. The van der Waals surface area contributed by atoms with Gasteiger partial charge in [0, 0.05) is 12.7 Å². The number of rotatable bonds is 4.